The Morgan fingerprint density at radius 3 is 2.64 bits per heavy atom. The van der Waals surface area contributed by atoms with Crippen LogP contribution < -0.4 is 15.5 Å². The zero-order valence-electron chi connectivity index (χ0n) is 13.7. The number of hydrogen-bond acceptors (Lipinski definition) is 4. The van der Waals surface area contributed by atoms with Gasteiger partial charge >= 0.3 is 5.97 Å². The first-order chi connectivity index (χ1) is 12.1. The number of carboxylic acid groups (broad SMARTS) is 1. The molecule has 2 rings (SSSR count). The quantitative estimate of drug-likeness (QED) is 0.402. The molecule has 0 aliphatic heterocycles. The van der Waals surface area contributed by atoms with E-state index < -0.39 is 5.97 Å². The molecule has 0 aliphatic carbocycles. The standard InChI is InChI=1S/C18H19N3O3S/c1-2-19-18(25)21-20-11-15-5-3-4-6-16(15)24-12-13-7-9-14(10-8-13)17(22)23/h3-11H,2,12H2,1H3,(H,22,23)(H2,19,21,25)/b20-11+. The normalized spacial score (nSPS) is 10.4. The van der Waals surface area contributed by atoms with E-state index in [1.54, 1.807) is 30.5 Å². The van der Waals surface area contributed by atoms with Crippen molar-refractivity contribution >= 4 is 29.5 Å². The van der Waals surface area contributed by atoms with Crippen LogP contribution in [0.4, 0.5) is 0 Å². The third kappa shape index (κ3) is 5.89. The monoisotopic (exact) mass is 357 g/mol. The lowest BCUT2D eigenvalue weighted by molar-refractivity contribution is 0.0697. The number of benzene rings is 2. The summed E-state index contributed by atoms with van der Waals surface area (Å²) in [5.74, 6) is -0.276. The lowest BCUT2D eigenvalue weighted by atomic mass is 10.1. The van der Waals surface area contributed by atoms with Crippen LogP contribution in [0.25, 0.3) is 0 Å². The van der Waals surface area contributed by atoms with Crippen molar-refractivity contribution in [3.05, 3.63) is 65.2 Å². The number of para-hydroxylation sites is 1. The summed E-state index contributed by atoms with van der Waals surface area (Å²) in [6, 6.07) is 14.1. The van der Waals surface area contributed by atoms with Gasteiger partial charge in [-0.05, 0) is 49.0 Å². The molecular weight excluding hydrogens is 338 g/mol. The molecule has 0 bridgehead atoms. The Labute approximate surface area is 151 Å². The highest BCUT2D eigenvalue weighted by atomic mass is 32.1. The number of rotatable bonds is 7. The van der Waals surface area contributed by atoms with E-state index in [1.165, 1.54) is 0 Å². The van der Waals surface area contributed by atoms with Crippen molar-refractivity contribution in [3.8, 4) is 5.75 Å². The Balaban J connectivity index is 1.99. The second-order valence-electron chi connectivity index (χ2n) is 5.06. The van der Waals surface area contributed by atoms with Crippen LogP contribution in [-0.4, -0.2) is 28.9 Å². The van der Waals surface area contributed by atoms with Gasteiger partial charge in [-0.3, -0.25) is 5.43 Å². The molecule has 0 amide bonds. The van der Waals surface area contributed by atoms with Crippen LogP contribution in [0, 0.1) is 0 Å². The molecule has 0 atom stereocenters. The molecule has 0 aromatic heterocycles. The number of carbonyl (C=O) groups is 1. The van der Waals surface area contributed by atoms with Gasteiger partial charge in [-0.25, -0.2) is 4.79 Å². The summed E-state index contributed by atoms with van der Waals surface area (Å²) in [5, 5.41) is 16.4. The van der Waals surface area contributed by atoms with E-state index in [9.17, 15) is 4.79 Å². The lowest BCUT2D eigenvalue weighted by Crippen LogP contribution is -2.31. The molecule has 25 heavy (non-hydrogen) atoms. The Morgan fingerprint density at radius 2 is 1.96 bits per heavy atom. The van der Waals surface area contributed by atoms with Crippen molar-refractivity contribution in [1.82, 2.24) is 10.7 Å². The zero-order valence-corrected chi connectivity index (χ0v) is 14.5. The molecule has 0 aliphatic rings. The van der Waals surface area contributed by atoms with Gasteiger partial charge in [-0.1, -0.05) is 24.3 Å². The zero-order chi connectivity index (χ0) is 18.1. The highest BCUT2D eigenvalue weighted by molar-refractivity contribution is 7.80. The maximum absolute atomic E-state index is 10.9. The second-order valence-corrected chi connectivity index (χ2v) is 5.47. The number of carboxylic acids is 1. The average Bonchev–Trinajstić information content (AvgIpc) is 2.61. The van der Waals surface area contributed by atoms with E-state index in [4.69, 9.17) is 22.1 Å². The molecule has 0 fully saturated rings. The number of aromatic carboxylic acids is 1. The van der Waals surface area contributed by atoms with Crippen LogP contribution in [0.15, 0.2) is 53.6 Å². The number of hydrazone groups is 1. The van der Waals surface area contributed by atoms with Gasteiger partial charge in [-0.2, -0.15) is 5.10 Å². The summed E-state index contributed by atoms with van der Waals surface area (Å²) in [4.78, 5) is 10.9. The van der Waals surface area contributed by atoms with E-state index in [0.717, 1.165) is 17.7 Å². The molecule has 130 valence electrons. The second kappa shape index (κ2) is 9.39. The van der Waals surface area contributed by atoms with Gasteiger partial charge in [0.05, 0.1) is 11.8 Å². The first-order valence-corrected chi connectivity index (χ1v) is 8.12. The molecule has 0 spiro atoms. The van der Waals surface area contributed by atoms with Crippen molar-refractivity contribution in [2.75, 3.05) is 6.54 Å². The first kappa shape index (κ1) is 18.4. The average molecular weight is 357 g/mol. The predicted molar refractivity (Wildman–Crippen MR) is 101 cm³/mol. The van der Waals surface area contributed by atoms with E-state index in [1.807, 2.05) is 31.2 Å². The Morgan fingerprint density at radius 1 is 1.24 bits per heavy atom. The highest BCUT2D eigenvalue weighted by Gasteiger charge is 2.04. The smallest absolute Gasteiger partial charge is 0.335 e. The fourth-order valence-electron chi connectivity index (χ4n) is 1.98. The third-order valence-electron chi connectivity index (χ3n) is 3.22. The molecule has 2 aromatic rings. The topological polar surface area (TPSA) is 83.0 Å². The molecule has 0 saturated heterocycles. The van der Waals surface area contributed by atoms with E-state index in [0.29, 0.717) is 17.5 Å². The van der Waals surface area contributed by atoms with Crippen molar-refractivity contribution in [2.45, 2.75) is 13.5 Å². The largest absolute Gasteiger partial charge is 0.488 e. The van der Waals surface area contributed by atoms with Gasteiger partial charge in [0.15, 0.2) is 5.11 Å². The molecule has 3 N–H and O–H groups in total. The van der Waals surface area contributed by atoms with Crippen molar-refractivity contribution in [3.63, 3.8) is 0 Å². The number of nitrogens with one attached hydrogen (secondary N) is 2. The van der Waals surface area contributed by atoms with Crippen molar-refractivity contribution in [2.24, 2.45) is 5.10 Å². The minimum atomic E-state index is -0.947. The Hall–Kier alpha value is -2.93. The van der Waals surface area contributed by atoms with Crippen molar-refractivity contribution in [1.29, 1.82) is 0 Å². The predicted octanol–water partition coefficient (Wildman–Crippen LogP) is 2.78. The fourth-order valence-corrected chi connectivity index (χ4v) is 2.18. The van der Waals surface area contributed by atoms with Gasteiger partial charge < -0.3 is 15.2 Å². The van der Waals surface area contributed by atoms with Crippen LogP contribution in [0.5, 0.6) is 5.75 Å². The minimum absolute atomic E-state index is 0.249. The molecular formula is C18H19N3O3S. The highest BCUT2D eigenvalue weighted by Crippen LogP contribution is 2.17. The third-order valence-corrected chi connectivity index (χ3v) is 3.46. The van der Waals surface area contributed by atoms with E-state index in [-0.39, 0.29) is 5.56 Å². The van der Waals surface area contributed by atoms with Gasteiger partial charge in [0, 0.05) is 12.1 Å². The van der Waals surface area contributed by atoms with Crippen LogP contribution in [0.1, 0.15) is 28.4 Å². The SMILES string of the molecule is CCNC(=S)N/N=C/c1ccccc1OCc1ccc(C(=O)O)cc1. The van der Waals surface area contributed by atoms with Crippen LogP contribution in [-0.2, 0) is 6.61 Å². The molecule has 6 nitrogen and oxygen atoms in total. The van der Waals surface area contributed by atoms with Gasteiger partial charge in [-0.15, -0.1) is 0 Å². The van der Waals surface area contributed by atoms with E-state index in [2.05, 4.69) is 15.8 Å². The molecule has 0 saturated carbocycles. The molecule has 7 heteroatoms. The van der Waals surface area contributed by atoms with Crippen LogP contribution >= 0.6 is 12.2 Å². The van der Waals surface area contributed by atoms with Gasteiger partial charge in [0.2, 0.25) is 0 Å². The van der Waals surface area contributed by atoms with Crippen LogP contribution in [0.2, 0.25) is 0 Å². The number of nitrogens with zero attached hydrogens (tertiary/aromatic N) is 1. The summed E-state index contributed by atoms with van der Waals surface area (Å²) < 4.78 is 5.81. The summed E-state index contributed by atoms with van der Waals surface area (Å²) in [7, 11) is 0. The Kier molecular flexibility index (Phi) is 6.91. The van der Waals surface area contributed by atoms with E-state index >= 15 is 0 Å². The van der Waals surface area contributed by atoms with Gasteiger partial charge in [0.25, 0.3) is 0 Å². The molecule has 0 unspecified atom stereocenters. The van der Waals surface area contributed by atoms with Crippen molar-refractivity contribution < 1.29 is 14.6 Å². The molecule has 2 aromatic carbocycles. The fraction of sp³-hybridized carbons (Fsp3) is 0.167. The Bertz CT molecular complexity index is 760. The summed E-state index contributed by atoms with van der Waals surface area (Å²) in [6.45, 7) is 3.00. The molecule has 0 radical (unpaired) electrons. The first-order valence-electron chi connectivity index (χ1n) is 7.71. The van der Waals surface area contributed by atoms with Crippen LogP contribution in [0.3, 0.4) is 0 Å². The number of hydrogen-bond donors (Lipinski definition) is 3. The minimum Gasteiger partial charge on any atom is -0.488 e. The number of thiocarbonyl (C=S) groups is 1. The molecule has 0 heterocycles. The number of ether oxygens (including phenoxy) is 1. The summed E-state index contributed by atoms with van der Waals surface area (Å²) in [5.41, 5.74) is 4.66. The van der Waals surface area contributed by atoms with Gasteiger partial charge in [0.1, 0.15) is 12.4 Å². The summed E-state index contributed by atoms with van der Waals surface area (Å²) in [6.07, 6.45) is 1.63. The lowest BCUT2D eigenvalue weighted by Gasteiger charge is -2.09. The maximum Gasteiger partial charge on any atom is 0.335 e. The maximum atomic E-state index is 10.9. The summed E-state index contributed by atoms with van der Waals surface area (Å²) >= 11 is 5.04.